The van der Waals surface area contributed by atoms with Crippen LogP contribution >= 0.6 is 0 Å². The van der Waals surface area contributed by atoms with Crippen molar-refractivity contribution < 1.29 is 0 Å². The summed E-state index contributed by atoms with van der Waals surface area (Å²) < 4.78 is 0. The van der Waals surface area contributed by atoms with Gasteiger partial charge in [0.15, 0.2) is 0 Å². The molecule has 2 nitrogen and oxygen atoms in total. The summed E-state index contributed by atoms with van der Waals surface area (Å²) in [6.07, 6.45) is 3.84. The Morgan fingerprint density at radius 3 is 2.53 bits per heavy atom. The van der Waals surface area contributed by atoms with E-state index in [-0.39, 0.29) is 0 Å². The fraction of sp³-hybridized carbons (Fsp3) is 0.353. The lowest BCUT2D eigenvalue weighted by molar-refractivity contribution is 0.589. The van der Waals surface area contributed by atoms with Crippen LogP contribution in [0.4, 0.5) is 0 Å². The molecule has 0 bridgehead atoms. The highest BCUT2D eigenvalue weighted by Crippen LogP contribution is 2.25. The van der Waals surface area contributed by atoms with E-state index >= 15 is 0 Å². The molecule has 2 rings (SSSR count). The van der Waals surface area contributed by atoms with Gasteiger partial charge in [0.1, 0.15) is 0 Å². The van der Waals surface area contributed by atoms with Crippen molar-refractivity contribution in [1.29, 1.82) is 0 Å². The quantitative estimate of drug-likeness (QED) is 0.896. The third kappa shape index (κ3) is 3.65. The minimum absolute atomic E-state index is 0.491. The van der Waals surface area contributed by atoms with Gasteiger partial charge in [0.05, 0.1) is 0 Å². The molecule has 1 N–H and O–H groups in total. The van der Waals surface area contributed by atoms with E-state index in [0.717, 1.165) is 6.54 Å². The zero-order valence-corrected chi connectivity index (χ0v) is 12.2. The molecule has 0 saturated heterocycles. The number of pyridine rings is 1. The molecule has 0 unspecified atom stereocenters. The van der Waals surface area contributed by atoms with Crippen molar-refractivity contribution in [3.8, 4) is 11.1 Å². The lowest BCUT2D eigenvalue weighted by Crippen LogP contribution is -2.22. The van der Waals surface area contributed by atoms with E-state index in [1.165, 1.54) is 27.8 Å². The van der Waals surface area contributed by atoms with E-state index in [1.54, 1.807) is 0 Å². The Bertz CT molecular complexity index is 559. The van der Waals surface area contributed by atoms with Crippen molar-refractivity contribution in [3.05, 3.63) is 53.3 Å². The van der Waals surface area contributed by atoms with Gasteiger partial charge in [-0.2, -0.15) is 0 Å². The van der Waals surface area contributed by atoms with Gasteiger partial charge in [-0.05, 0) is 36.6 Å². The predicted molar refractivity (Wildman–Crippen MR) is 81.1 cm³/mol. The van der Waals surface area contributed by atoms with Crippen molar-refractivity contribution in [2.75, 3.05) is 0 Å². The second-order valence-corrected chi connectivity index (χ2v) is 5.45. The molecule has 100 valence electrons. The average molecular weight is 254 g/mol. The molecule has 1 aromatic heterocycles. The van der Waals surface area contributed by atoms with Crippen LogP contribution in [0.15, 0.2) is 36.7 Å². The predicted octanol–water partition coefficient (Wildman–Crippen LogP) is 3.86. The number of hydrogen-bond donors (Lipinski definition) is 1. The number of aryl methyl sites for hydroxylation is 2. The maximum atomic E-state index is 4.31. The van der Waals surface area contributed by atoms with E-state index in [1.807, 2.05) is 12.4 Å². The zero-order chi connectivity index (χ0) is 13.8. The Morgan fingerprint density at radius 1 is 1.05 bits per heavy atom. The lowest BCUT2D eigenvalue weighted by Gasteiger charge is -2.14. The first-order valence-corrected chi connectivity index (χ1v) is 6.81. The van der Waals surface area contributed by atoms with Crippen LogP contribution in [0.2, 0.25) is 0 Å². The summed E-state index contributed by atoms with van der Waals surface area (Å²) in [5.74, 6) is 0. The number of nitrogens with zero attached hydrogens (tertiary/aromatic N) is 1. The molecule has 0 aliphatic heterocycles. The van der Waals surface area contributed by atoms with E-state index in [9.17, 15) is 0 Å². The molecule has 0 atom stereocenters. The topological polar surface area (TPSA) is 24.9 Å². The molecule has 0 aliphatic carbocycles. The highest BCUT2D eigenvalue weighted by molar-refractivity contribution is 5.67. The molecule has 1 aromatic carbocycles. The molecule has 0 fully saturated rings. The van der Waals surface area contributed by atoms with Crippen molar-refractivity contribution in [2.45, 2.75) is 40.3 Å². The summed E-state index contributed by atoms with van der Waals surface area (Å²) in [6.45, 7) is 9.44. The average Bonchev–Trinajstić information content (AvgIpc) is 2.37. The second kappa shape index (κ2) is 5.98. The fourth-order valence-corrected chi connectivity index (χ4v) is 2.13. The lowest BCUT2D eigenvalue weighted by atomic mass is 9.98. The Balaban J connectivity index is 2.39. The van der Waals surface area contributed by atoms with E-state index in [4.69, 9.17) is 0 Å². The molecule has 0 amide bonds. The van der Waals surface area contributed by atoms with Gasteiger partial charge in [0.2, 0.25) is 0 Å². The Kier molecular flexibility index (Phi) is 4.33. The molecule has 0 saturated carbocycles. The van der Waals surface area contributed by atoms with Crippen LogP contribution < -0.4 is 5.32 Å². The van der Waals surface area contributed by atoms with Crippen molar-refractivity contribution in [2.24, 2.45) is 0 Å². The first-order chi connectivity index (χ1) is 9.06. The monoisotopic (exact) mass is 254 g/mol. The highest BCUT2D eigenvalue weighted by Gasteiger charge is 2.07. The van der Waals surface area contributed by atoms with Crippen molar-refractivity contribution >= 4 is 0 Å². The number of benzene rings is 1. The SMILES string of the molecule is Cc1cncc(-c2cc(C)ccc2CNC(C)C)c1. The molecular weight excluding hydrogens is 232 g/mol. The summed E-state index contributed by atoms with van der Waals surface area (Å²) >= 11 is 0. The fourth-order valence-electron chi connectivity index (χ4n) is 2.13. The van der Waals surface area contributed by atoms with E-state index in [0.29, 0.717) is 6.04 Å². The summed E-state index contributed by atoms with van der Waals surface area (Å²) in [4.78, 5) is 4.31. The standard InChI is InChI=1S/C17H22N2/c1-12(2)19-11-15-6-5-13(3)8-17(15)16-7-14(4)9-18-10-16/h5-10,12,19H,11H2,1-4H3. The third-order valence-electron chi connectivity index (χ3n) is 3.15. The number of nitrogens with one attached hydrogen (secondary N) is 1. The van der Waals surface area contributed by atoms with Crippen LogP contribution in [0.5, 0.6) is 0 Å². The normalized spacial score (nSPS) is 11.0. The molecule has 1 heterocycles. The Labute approximate surface area is 115 Å². The largest absolute Gasteiger partial charge is 0.310 e. The summed E-state index contributed by atoms with van der Waals surface area (Å²) in [5, 5.41) is 3.49. The molecule has 2 aromatic rings. The highest BCUT2D eigenvalue weighted by atomic mass is 14.9. The summed E-state index contributed by atoms with van der Waals surface area (Å²) in [5.41, 5.74) is 6.28. The molecule has 0 aliphatic rings. The molecular formula is C17H22N2. The van der Waals surface area contributed by atoms with Gasteiger partial charge in [-0.3, -0.25) is 4.98 Å². The third-order valence-corrected chi connectivity index (χ3v) is 3.15. The van der Waals surface area contributed by atoms with E-state index in [2.05, 4.69) is 62.3 Å². The minimum Gasteiger partial charge on any atom is -0.310 e. The molecule has 19 heavy (non-hydrogen) atoms. The first kappa shape index (κ1) is 13.8. The van der Waals surface area contributed by atoms with Crippen LogP contribution in [-0.2, 0) is 6.54 Å². The Morgan fingerprint density at radius 2 is 1.84 bits per heavy atom. The Hall–Kier alpha value is -1.67. The van der Waals surface area contributed by atoms with Crippen LogP contribution in [0.1, 0.15) is 30.5 Å². The first-order valence-electron chi connectivity index (χ1n) is 6.81. The van der Waals surface area contributed by atoms with Gasteiger partial charge in [0.25, 0.3) is 0 Å². The second-order valence-electron chi connectivity index (χ2n) is 5.45. The van der Waals surface area contributed by atoms with Gasteiger partial charge in [0, 0.05) is 30.5 Å². The van der Waals surface area contributed by atoms with Gasteiger partial charge < -0.3 is 5.32 Å². The summed E-state index contributed by atoms with van der Waals surface area (Å²) in [7, 11) is 0. The van der Waals surface area contributed by atoms with Crippen LogP contribution in [0.3, 0.4) is 0 Å². The van der Waals surface area contributed by atoms with Gasteiger partial charge in [-0.25, -0.2) is 0 Å². The zero-order valence-electron chi connectivity index (χ0n) is 12.2. The minimum atomic E-state index is 0.491. The van der Waals surface area contributed by atoms with Crippen LogP contribution in [0.25, 0.3) is 11.1 Å². The summed E-state index contributed by atoms with van der Waals surface area (Å²) in [6, 6.07) is 9.31. The maximum Gasteiger partial charge on any atom is 0.0346 e. The number of hydrogen-bond acceptors (Lipinski definition) is 2. The number of rotatable bonds is 4. The molecule has 2 heteroatoms. The smallest absolute Gasteiger partial charge is 0.0346 e. The molecule has 0 radical (unpaired) electrons. The maximum absolute atomic E-state index is 4.31. The van der Waals surface area contributed by atoms with Crippen molar-refractivity contribution in [1.82, 2.24) is 10.3 Å². The number of aromatic nitrogens is 1. The molecule has 0 spiro atoms. The van der Waals surface area contributed by atoms with Crippen LogP contribution in [0, 0.1) is 13.8 Å². The van der Waals surface area contributed by atoms with Crippen LogP contribution in [-0.4, -0.2) is 11.0 Å². The van der Waals surface area contributed by atoms with Gasteiger partial charge in [-0.15, -0.1) is 0 Å². The van der Waals surface area contributed by atoms with Gasteiger partial charge in [-0.1, -0.05) is 37.6 Å². The van der Waals surface area contributed by atoms with E-state index < -0.39 is 0 Å². The van der Waals surface area contributed by atoms with Crippen molar-refractivity contribution in [3.63, 3.8) is 0 Å². The van der Waals surface area contributed by atoms with Gasteiger partial charge >= 0.3 is 0 Å².